The monoisotopic (exact) mass is 294 g/mol. The summed E-state index contributed by atoms with van der Waals surface area (Å²) in [5.41, 5.74) is 5.96. The number of alkyl halides is 3. The number of aryl methyl sites for hydroxylation is 1. The van der Waals surface area contributed by atoms with Gasteiger partial charge in [-0.15, -0.1) is 0 Å². The highest BCUT2D eigenvalue weighted by Crippen LogP contribution is 2.35. The molecule has 0 heterocycles. The summed E-state index contributed by atoms with van der Waals surface area (Å²) in [6.07, 6.45) is -2.70. The van der Waals surface area contributed by atoms with Gasteiger partial charge in [-0.05, 0) is 36.6 Å². The van der Waals surface area contributed by atoms with E-state index in [9.17, 15) is 13.2 Å². The van der Waals surface area contributed by atoms with Crippen LogP contribution < -0.4 is 11.1 Å². The Morgan fingerprint density at radius 3 is 2.38 bits per heavy atom. The Hall–Kier alpha value is -2.17. The molecule has 2 aromatic carbocycles. The van der Waals surface area contributed by atoms with E-state index in [-0.39, 0.29) is 5.69 Å². The Balaban J connectivity index is 1.89. The first-order valence-electron chi connectivity index (χ1n) is 6.71. The second-order valence-corrected chi connectivity index (χ2v) is 4.82. The summed E-state index contributed by atoms with van der Waals surface area (Å²) in [4.78, 5) is 0. The van der Waals surface area contributed by atoms with E-state index in [1.807, 2.05) is 30.3 Å². The molecule has 21 heavy (non-hydrogen) atoms. The molecule has 0 aliphatic heterocycles. The number of nitrogens with two attached hydrogens (primary N) is 1. The Morgan fingerprint density at radius 2 is 1.71 bits per heavy atom. The van der Waals surface area contributed by atoms with Crippen LogP contribution in [0.3, 0.4) is 0 Å². The van der Waals surface area contributed by atoms with Crippen LogP contribution in [-0.2, 0) is 12.6 Å². The molecule has 0 unspecified atom stereocenters. The summed E-state index contributed by atoms with van der Waals surface area (Å²) in [5.74, 6) is 0. The molecule has 0 radical (unpaired) electrons. The smallest absolute Gasteiger partial charge is 0.398 e. The quantitative estimate of drug-likeness (QED) is 0.636. The third kappa shape index (κ3) is 4.41. The van der Waals surface area contributed by atoms with Gasteiger partial charge in [0.25, 0.3) is 0 Å². The summed E-state index contributed by atoms with van der Waals surface area (Å²) >= 11 is 0. The van der Waals surface area contributed by atoms with Gasteiger partial charge < -0.3 is 11.1 Å². The molecule has 0 amide bonds. The van der Waals surface area contributed by atoms with Crippen molar-refractivity contribution in [1.29, 1.82) is 0 Å². The van der Waals surface area contributed by atoms with Crippen molar-refractivity contribution in [3.05, 3.63) is 59.7 Å². The first-order valence-corrected chi connectivity index (χ1v) is 6.71. The van der Waals surface area contributed by atoms with Gasteiger partial charge in [0.1, 0.15) is 0 Å². The first kappa shape index (κ1) is 15.2. The second-order valence-electron chi connectivity index (χ2n) is 4.82. The molecule has 0 atom stereocenters. The van der Waals surface area contributed by atoms with Crippen molar-refractivity contribution in [2.24, 2.45) is 0 Å². The molecule has 112 valence electrons. The maximum atomic E-state index is 12.7. The van der Waals surface area contributed by atoms with Gasteiger partial charge >= 0.3 is 6.18 Å². The molecule has 0 fully saturated rings. The molecule has 0 bridgehead atoms. The van der Waals surface area contributed by atoms with Gasteiger partial charge in [-0.1, -0.05) is 30.3 Å². The molecular weight excluding hydrogens is 277 g/mol. The van der Waals surface area contributed by atoms with E-state index >= 15 is 0 Å². The molecule has 2 nitrogen and oxygen atoms in total. The van der Waals surface area contributed by atoms with Crippen LogP contribution in [0.2, 0.25) is 0 Å². The number of hydrogen-bond acceptors (Lipinski definition) is 2. The Morgan fingerprint density at radius 1 is 1.00 bits per heavy atom. The van der Waals surface area contributed by atoms with Crippen molar-refractivity contribution in [3.63, 3.8) is 0 Å². The van der Waals surface area contributed by atoms with Crippen molar-refractivity contribution in [2.45, 2.75) is 19.0 Å². The number of halogens is 3. The molecule has 0 saturated carbocycles. The Bertz CT molecular complexity index is 580. The molecule has 0 spiro atoms. The maximum absolute atomic E-state index is 12.7. The van der Waals surface area contributed by atoms with Crippen LogP contribution in [0, 0.1) is 0 Å². The third-order valence-corrected chi connectivity index (χ3v) is 3.17. The normalized spacial score (nSPS) is 11.4. The van der Waals surface area contributed by atoms with Gasteiger partial charge in [0.2, 0.25) is 0 Å². The lowest BCUT2D eigenvalue weighted by Crippen LogP contribution is -2.10. The molecular formula is C16H17F3N2. The van der Waals surface area contributed by atoms with Crippen LogP contribution in [0.4, 0.5) is 24.5 Å². The summed E-state index contributed by atoms with van der Waals surface area (Å²) in [6, 6.07) is 13.9. The fourth-order valence-corrected chi connectivity index (χ4v) is 2.08. The highest BCUT2D eigenvalue weighted by Gasteiger charge is 2.33. The predicted molar refractivity (Wildman–Crippen MR) is 79.1 cm³/mol. The predicted octanol–water partition coefficient (Wildman–Crippen LogP) is 4.33. The first-order chi connectivity index (χ1) is 9.97. The van der Waals surface area contributed by atoms with E-state index < -0.39 is 11.7 Å². The number of rotatable bonds is 5. The zero-order valence-corrected chi connectivity index (χ0v) is 11.5. The van der Waals surface area contributed by atoms with E-state index in [2.05, 4.69) is 5.32 Å². The highest BCUT2D eigenvalue weighted by atomic mass is 19.4. The van der Waals surface area contributed by atoms with Crippen molar-refractivity contribution in [2.75, 3.05) is 17.6 Å². The molecule has 2 rings (SSSR count). The summed E-state index contributed by atoms with van der Waals surface area (Å²) in [6.45, 7) is 0.607. The minimum Gasteiger partial charge on any atom is -0.398 e. The fourth-order valence-electron chi connectivity index (χ4n) is 2.08. The van der Waals surface area contributed by atoms with Crippen LogP contribution in [-0.4, -0.2) is 6.54 Å². The van der Waals surface area contributed by atoms with Crippen LogP contribution >= 0.6 is 0 Å². The molecule has 0 saturated heterocycles. The topological polar surface area (TPSA) is 38.0 Å². The third-order valence-electron chi connectivity index (χ3n) is 3.17. The number of benzene rings is 2. The largest absolute Gasteiger partial charge is 0.418 e. The molecule has 5 heteroatoms. The number of nitrogens with one attached hydrogen (secondary N) is 1. The second kappa shape index (κ2) is 6.52. The summed E-state index contributed by atoms with van der Waals surface area (Å²) in [5, 5.41) is 3.00. The Kier molecular flexibility index (Phi) is 4.73. The SMILES string of the molecule is Nc1ccc(NCCCc2ccccc2)cc1C(F)(F)F. The summed E-state index contributed by atoms with van der Waals surface area (Å²) in [7, 11) is 0. The zero-order chi connectivity index (χ0) is 15.3. The van der Waals surface area contributed by atoms with Gasteiger partial charge in [-0.3, -0.25) is 0 Å². The average Bonchev–Trinajstić information content (AvgIpc) is 2.45. The van der Waals surface area contributed by atoms with Gasteiger partial charge in [0.05, 0.1) is 5.56 Å². The van der Waals surface area contributed by atoms with Crippen molar-refractivity contribution in [1.82, 2.24) is 0 Å². The molecule has 2 aromatic rings. The minimum absolute atomic E-state index is 0.252. The Labute approximate surface area is 121 Å². The van der Waals surface area contributed by atoms with Crippen LogP contribution in [0.5, 0.6) is 0 Å². The average molecular weight is 294 g/mol. The van der Waals surface area contributed by atoms with E-state index in [1.54, 1.807) is 6.07 Å². The number of nitrogen functional groups attached to an aromatic ring is 1. The van der Waals surface area contributed by atoms with Gasteiger partial charge in [-0.25, -0.2) is 0 Å². The van der Waals surface area contributed by atoms with Gasteiger partial charge in [0, 0.05) is 17.9 Å². The van der Waals surface area contributed by atoms with Gasteiger partial charge in [0.15, 0.2) is 0 Å². The van der Waals surface area contributed by atoms with Crippen molar-refractivity contribution >= 4 is 11.4 Å². The zero-order valence-electron chi connectivity index (χ0n) is 11.5. The summed E-state index contributed by atoms with van der Waals surface area (Å²) < 4.78 is 38.2. The lowest BCUT2D eigenvalue weighted by Gasteiger charge is -2.13. The standard InChI is InChI=1S/C16H17F3N2/c17-16(18,19)14-11-13(8-9-15(14)20)21-10-4-7-12-5-2-1-3-6-12/h1-3,5-6,8-9,11,21H,4,7,10,20H2. The van der Waals surface area contributed by atoms with E-state index in [4.69, 9.17) is 5.73 Å². The van der Waals surface area contributed by atoms with E-state index in [1.165, 1.54) is 11.6 Å². The molecule has 0 aliphatic carbocycles. The van der Waals surface area contributed by atoms with Crippen LogP contribution in [0.15, 0.2) is 48.5 Å². The lowest BCUT2D eigenvalue weighted by molar-refractivity contribution is -0.136. The van der Waals surface area contributed by atoms with Crippen LogP contribution in [0.1, 0.15) is 17.5 Å². The maximum Gasteiger partial charge on any atom is 0.418 e. The van der Waals surface area contributed by atoms with Gasteiger partial charge in [-0.2, -0.15) is 13.2 Å². The molecule has 3 N–H and O–H groups in total. The van der Waals surface area contributed by atoms with Crippen LogP contribution in [0.25, 0.3) is 0 Å². The molecule has 0 aromatic heterocycles. The number of anilines is 2. The fraction of sp³-hybridized carbons (Fsp3) is 0.250. The number of hydrogen-bond donors (Lipinski definition) is 2. The van der Waals surface area contributed by atoms with E-state index in [0.717, 1.165) is 18.9 Å². The van der Waals surface area contributed by atoms with E-state index in [0.29, 0.717) is 12.2 Å². The minimum atomic E-state index is -4.42. The van der Waals surface area contributed by atoms with Crippen molar-refractivity contribution in [3.8, 4) is 0 Å². The lowest BCUT2D eigenvalue weighted by atomic mass is 10.1. The molecule has 0 aliphatic rings. The highest BCUT2D eigenvalue weighted by molar-refractivity contribution is 5.58. The van der Waals surface area contributed by atoms with Crippen molar-refractivity contribution < 1.29 is 13.2 Å².